The van der Waals surface area contributed by atoms with Gasteiger partial charge >= 0.3 is 0 Å². The fourth-order valence-electron chi connectivity index (χ4n) is 2.18. The number of H-pyrrole nitrogens is 1. The molecule has 0 aliphatic carbocycles. The highest BCUT2D eigenvalue weighted by atomic mass is 32.1. The molecule has 0 spiro atoms. The number of thiophene rings is 1. The zero-order valence-corrected chi connectivity index (χ0v) is 13.5. The van der Waals surface area contributed by atoms with E-state index < -0.39 is 6.04 Å². The minimum absolute atomic E-state index is 0.0641. The van der Waals surface area contributed by atoms with Crippen LogP contribution in [0.2, 0.25) is 0 Å². The molecular weight excluding hydrogens is 316 g/mol. The molecule has 10 heteroatoms. The topological polar surface area (TPSA) is 114 Å². The molecule has 120 valence electrons. The van der Waals surface area contributed by atoms with Gasteiger partial charge in [-0.05, 0) is 27.8 Å². The summed E-state index contributed by atoms with van der Waals surface area (Å²) in [6, 6.07) is 3.34. The third kappa shape index (κ3) is 3.26. The quantitative estimate of drug-likeness (QED) is 0.710. The van der Waals surface area contributed by atoms with Gasteiger partial charge in [0.2, 0.25) is 5.95 Å². The average molecular weight is 332 g/mol. The van der Waals surface area contributed by atoms with Gasteiger partial charge in [0.25, 0.3) is 5.91 Å². The molecule has 0 saturated carbocycles. The number of hydrogen-bond donors (Lipinski definition) is 2. The maximum Gasteiger partial charge on any atom is 0.252 e. The predicted molar refractivity (Wildman–Crippen MR) is 84.6 cm³/mol. The predicted octanol–water partition coefficient (Wildman–Crippen LogP) is 1.75. The summed E-state index contributed by atoms with van der Waals surface area (Å²) in [6.45, 7) is 3.98. The van der Waals surface area contributed by atoms with E-state index in [9.17, 15) is 4.79 Å². The normalized spacial score (nSPS) is 13.7. The number of tetrazole rings is 1. The molecule has 0 fully saturated rings. The van der Waals surface area contributed by atoms with Crippen molar-refractivity contribution in [3.63, 3.8) is 0 Å². The minimum atomic E-state index is -0.515. The van der Waals surface area contributed by atoms with Gasteiger partial charge in [0.1, 0.15) is 12.4 Å². The number of anilines is 1. The van der Waals surface area contributed by atoms with Crippen LogP contribution in [0.4, 0.5) is 5.95 Å². The number of aromatic amines is 1. The van der Waals surface area contributed by atoms with Crippen molar-refractivity contribution in [2.75, 3.05) is 5.32 Å². The van der Waals surface area contributed by atoms with Crippen molar-refractivity contribution in [1.82, 2.24) is 35.4 Å². The highest BCUT2D eigenvalue weighted by Gasteiger charge is 2.28. The first-order chi connectivity index (χ1) is 11.2. The zero-order valence-electron chi connectivity index (χ0n) is 12.7. The number of nitrogens with one attached hydrogen (secondary N) is 2. The Hall–Kier alpha value is -2.62. The van der Waals surface area contributed by atoms with E-state index in [2.05, 4.69) is 36.0 Å². The molecule has 3 aromatic heterocycles. The van der Waals surface area contributed by atoms with Gasteiger partial charge < -0.3 is 0 Å². The van der Waals surface area contributed by atoms with Crippen LogP contribution in [0.3, 0.4) is 0 Å². The summed E-state index contributed by atoms with van der Waals surface area (Å²) in [7, 11) is 0. The maximum absolute atomic E-state index is 12.6. The Balaban J connectivity index is 1.77. The van der Waals surface area contributed by atoms with Gasteiger partial charge in [-0.3, -0.25) is 15.2 Å². The lowest BCUT2D eigenvalue weighted by Crippen LogP contribution is -2.31. The van der Waals surface area contributed by atoms with E-state index in [0.29, 0.717) is 5.82 Å². The standard InChI is InChI=1S/C13H16N8OS/c1-3-8(2)10(21-7-14-19-20-21)12(22)16-13-15-11(17-18-13)9-5-4-6-23-9/h4-8,10H,3H2,1-2H3,(H2,15,16,17,18,22)/t8-,10-/m0/s1. The van der Waals surface area contributed by atoms with E-state index in [1.807, 2.05) is 31.4 Å². The smallest absolute Gasteiger partial charge is 0.252 e. The van der Waals surface area contributed by atoms with Gasteiger partial charge in [-0.15, -0.1) is 21.5 Å². The first kappa shape index (κ1) is 15.3. The summed E-state index contributed by atoms with van der Waals surface area (Å²) in [5.74, 6) is 0.676. The van der Waals surface area contributed by atoms with Gasteiger partial charge in [-0.2, -0.15) is 4.98 Å². The van der Waals surface area contributed by atoms with Crippen LogP contribution in [-0.4, -0.2) is 41.3 Å². The number of hydrogen-bond acceptors (Lipinski definition) is 7. The molecule has 0 radical (unpaired) electrons. The number of rotatable bonds is 6. The summed E-state index contributed by atoms with van der Waals surface area (Å²) < 4.78 is 1.45. The van der Waals surface area contributed by atoms with E-state index in [-0.39, 0.29) is 17.8 Å². The van der Waals surface area contributed by atoms with E-state index in [0.717, 1.165) is 11.3 Å². The Morgan fingerprint density at radius 1 is 1.52 bits per heavy atom. The third-order valence-electron chi connectivity index (χ3n) is 3.58. The van der Waals surface area contributed by atoms with Crippen molar-refractivity contribution in [2.24, 2.45) is 5.92 Å². The van der Waals surface area contributed by atoms with E-state index in [1.54, 1.807) is 11.3 Å². The molecular formula is C13H16N8OS. The van der Waals surface area contributed by atoms with Crippen LogP contribution in [0.15, 0.2) is 23.8 Å². The number of carbonyl (C=O) groups is 1. The number of amides is 1. The molecule has 0 aromatic carbocycles. The Bertz CT molecular complexity index is 751. The van der Waals surface area contributed by atoms with Crippen LogP contribution in [0.5, 0.6) is 0 Å². The van der Waals surface area contributed by atoms with Crippen molar-refractivity contribution in [2.45, 2.75) is 26.3 Å². The van der Waals surface area contributed by atoms with Crippen LogP contribution in [-0.2, 0) is 4.79 Å². The molecule has 0 aliphatic rings. The van der Waals surface area contributed by atoms with Crippen LogP contribution in [0.25, 0.3) is 10.7 Å². The number of nitrogens with zero attached hydrogens (tertiary/aromatic N) is 6. The van der Waals surface area contributed by atoms with Crippen molar-refractivity contribution in [3.05, 3.63) is 23.8 Å². The third-order valence-corrected chi connectivity index (χ3v) is 4.45. The molecule has 23 heavy (non-hydrogen) atoms. The SMILES string of the molecule is CC[C@H](C)[C@@H](C(=O)Nc1n[nH]c(-c2cccs2)n1)n1cnnn1. The fourth-order valence-corrected chi connectivity index (χ4v) is 2.85. The zero-order chi connectivity index (χ0) is 16.2. The first-order valence-electron chi connectivity index (χ1n) is 7.18. The lowest BCUT2D eigenvalue weighted by molar-refractivity contribution is -0.121. The Kier molecular flexibility index (Phi) is 4.42. The van der Waals surface area contributed by atoms with Gasteiger partial charge in [-0.1, -0.05) is 26.3 Å². The molecule has 2 atom stereocenters. The molecule has 1 amide bonds. The van der Waals surface area contributed by atoms with E-state index >= 15 is 0 Å². The second-order valence-electron chi connectivity index (χ2n) is 5.09. The molecule has 0 bridgehead atoms. The Labute approximate surface area is 136 Å². The average Bonchev–Trinajstić information content (AvgIpc) is 3.29. The number of carbonyl (C=O) groups excluding carboxylic acids is 1. The lowest BCUT2D eigenvalue weighted by atomic mass is 9.99. The fraction of sp³-hybridized carbons (Fsp3) is 0.385. The second kappa shape index (κ2) is 6.65. The Morgan fingerprint density at radius 3 is 3.04 bits per heavy atom. The molecule has 3 heterocycles. The molecule has 2 N–H and O–H groups in total. The maximum atomic E-state index is 12.6. The highest BCUT2D eigenvalue weighted by molar-refractivity contribution is 7.13. The van der Waals surface area contributed by atoms with Crippen LogP contribution >= 0.6 is 11.3 Å². The molecule has 0 aliphatic heterocycles. The second-order valence-corrected chi connectivity index (χ2v) is 6.04. The van der Waals surface area contributed by atoms with E-state index in [1.165, 1.54) is 11.0 Å². The molecule has 0 saturated heterocycles. The van der Waals surface area contributed by atoms with Crippen molar-refractivity contribution in [1.29, 1.82) is 0 Å². The summed E-state index contributed by atoms with van der Waals surface area (Å²) >= 11 is 1.54. The lowest BCUT2D eigenvalue weighted by Gasteiger charge is -2.20. The van der Waals surface area contributed by atoms with Crippen molar-refractivity contribution in [3.8, 4) is 10.7 Å². The van der Waals surface area contributed by atoms with Crippen molar-refractivity contribution < 1.29 is 4.79 Å². The molecule has 0 unspecified atom stereocenters. The molecule has 3 aromatic rings. The van der Waals surface area contributed by atoms with Crippen LogP contribution in [0.1, 0.15) is 26.3 Å². The van der Waals surface area contributed by atoms with Gasteiger partial charge in [0.15, 0.2) is 5.82 Å². The van der Waals surface area contributed by atoms with Crippen molar-refractivity contribution >= 4 is 23.2 Å². The molecule has 9 nitrogen and oxygen atoms in total. The minimum Gasteiger partial charge on any atom is -0.291 e. The monoisotopic (exact) mass is 332 g/mol. The summed E-state index contributed by atoms with van der Waals surface area (Å²) in [6.07, 6.45) is 2.25. The first-order valence-corrected chi connectivity index (χ1v) is 8.06. The van der Waals surface area contributed by atoms with E-state index in [4.69, 9.17) is 0 Å². The summed E-state index contributed by atoms with van der Waals surface area (Å²) in [5.41, 5.74) is 0. The van der Waals surface area contributed by atoms with Crippen LogP contribution < -0.4 is 5.32 Å². The highest BCUT2D eigenvalue weighted by Crippen LogP contribution is 2.23. The van der Waals surface area contributed by atoms with Gasteiger partial charge in [-0.25, -0.2) is 4.68 Å². The number of aromatic nitrogens is 7. The molecule has 3 rings (SSSR count). The largest absolute Gasteiger partial charge is 0.291 e. The van der Waals surface area contributed by atoms with Gasteiger partial charge in [0, 0.05) is 0 Å². The van der Waals surface area contributed by atoms with Gasteiger partial charge in [0.05, 0.1) is 4.88 Å². The van der Waals surface area contributed by atoms with Crippen LogP contribution in [0, 0.1) is 5.92 Å². The summed E-state index contributed by atoms with van der Waals surface area (Å²) in [5, 5.41) is 22.6. The summed E-state index contributed by atoms with van der Waals surface area (Å²) in [4.78, 5) is 17.8. The Morgan fingerprint density at radius 2 is 2.39 bits per heavy atom.